The molecule has 0 radical (unpaired) electrons. The standard InChI is InChI=1S/C21H29N3O4/c1-13-7-5-6-10-21(13)18(27)24(19(28)23-21)12-17(26)22-15-11-14(20(2,3)4)8-9-16(15)25/h8-9,11,13,25H,5-7,10,12H2,1-4H3,(H,22,26)(H,23,28). The smallest absolute Gasteiger partial charge is 0.325 e. The van der Waals surface area contributed by atoms with Crippen LogP contribution in [0.2, 0.25) is 0 Å². The van der Waals surface area contributed by atoms with Crippen LogP contribution in [0.1, 0.15) is 58.9 Å². The van der Waals surface area contributed by atoms with Crippen LogP contribution in [-0.4, -0.2) is 39.9 Å². The number of aromatic hydroxyl groups is 1. The number of phenols is 1. The van der Waals surface area contributed by atoms with Gasteiger partial charge in [-0.05, 0) is 41.9 Å². The van der Waals surface area contributed by atoms with Crippen LogP contribution in [-0.2, 0) is 15.0 Å². The minimum Gasteiger partial charge on any atom is -0.506 e. The number of nitrogens with zero attached hydrogens (tertiary/aromatic N) is 1. The van der Waals surface area contributed by atoms with Gasteiger partial charge in [0.15, 0.2) is 0 Å². The number of imide groups is 1. The number of carbonyl (C=O) groups is 3. The third kappa shape index (κ3) is 3.57. The monoisotopic (exact) mass is 387 g/mol. The minimum atomic E-state index is -0.885. The molecule has 0 aromatic heterocycles. The number of rotatable bonds is 3. The van der Waals surface area contributed by atoms with Gasteiger partial charge in [-0.15, -0.1) is 0 Å². The molecule has 7 nitrogen and oxygen atoms in total. The van der Waals surface area contributed by atoms with Crippen LogP contribution in [0.4, 0.5) is 10.5 Å². The summed E-state index contributed by atoms with van der Waals surface area (Å²) in [6.45, 7) is 7.68. The van der Waals surface area contributed by atoms with Crippen molar-refractivity contribution in [2.45, 2.75) is 64.3 Å². The summed E-state index contributed by atoms with van der Waals surface area (Å²) in [6, 6.07) is 4.52. The highest BCUT2D eigenvalue weighted by Gasteiger charge is 2.55. The van der Waals surface area contributed by atoms with Crippen LogP contribution >= 0.6 is 0 Å². The molecule has 2 fully saturated rings. The second kappa shape index (κ2) is 7.11. The molecule has 1 aromatic carbocycles. The Morgan fingerprint density at radius 3 is 2.68 bits per heavy atom. The van der Waals surface area contributed by atoms with Crippen LogP contribution in [0.3, 0.4) is 0 Å². The Kier molecular flexibility index (Phi) is 5.12. The summed E-state index contributed by atoms with van der Waals surface area (Å²) in [6.07, 6.45) is 3.39. The highest BCUT2D eigenvalue weighted by atomic mass is 16.3. The van der Waals surface area contributed by atoms with Crippen LogP contribution in [0.25, 0.3) is 0 Å². The maximum absolute atomic E-state index is 13.0. The SMILES string of the molecule is CC1CCCCC12NC(=O)N(CC(=O)Nc1cc(C(C)(C)C)ccc1O)C2=O. The first-order chi connectivity index (χ1) is 13.0. The number of nitrogens with one attached hydrogen (secondary N) is 2. The number of anilines is 1. The molecule has 0 bridgehead atoms. The van der Waals surface area contributed by atoms with Crippen molar-refractivity contribution >= 4 is 23.5 Å². The quantitative estimate of drug-likeness (QED) is 0.548. The van der Waals surface area contributed by atoms with Gasteiger partial charge in [0.1, 0.15) is 17.8 Å². The van der Waals surface area contributed by atoms with E-state index in [1.54, 1.807) is 12.1 Å². The fourth-order valence-electron chi connectivity index (χ4n) is 4.08. The topological polar surface area (TPSA) is 98.7 Å². The molecular weight excluding hydrogens is 358 g/mol. The molecule has 2 atom stereocenters. The summed E-state index contributed by atoms with van der Waals surface area (Å²) in [7, 11) is 0. The molecule has 2 aliphatic rings. The highest BCUT2D eigenvalue weighted by Crippen LogP contribution is 2.38. The van der Waals surface area contributed by atoms with Gasteiger partial charge in [-0.1, -0.05) is 46.6 Å². The molecular formula is C21H29N3O4. The van der Waals surface area contributed by atoms with Crippen molar-refractivity contribution in [3.8, 4) is 5.75 Å². The average Bonchev–Trinajstić information content (AvgIpc) is 2.83. The van der Waals surface area contributed by atoms with Crippen LogP contribution in [0.5, 0.6) is 5.75 Å². The Labute approximate surface area is 165 Å². The number of hydrogen-bond acceptors (Lipinski definition) is 4. The molecule has 3 rings (SSSR count). The zero-order valence-electron chi connectivity index (χ0n) is 17.0. The highest BCUT2D eigenvalue weighted by molar-refractivity contribution is 6.10. The number of phenolic OH excluding ortho intramolecular Hbond substituents is 1. The third-order valence-corrected chi connectivity index (χ3v) is 5.94. The lowest BCUT2D eigenvalue weighted by molar-refractivity contribution is -0.136. The van der Waals surface area contributed by atoms with E-state index in [4.69, 9.17) is 0 Å². The Morgan fingerprint density at radius 2 is 2.04 bits per heavy atom. The Hall–Kier alpha value is -2.57. The average molecular weight is 387 g/mol. The zero-order chi connectivity index (χ0) is 20.7. The van der Waals surface area contributed by atoms with Crippen LogP contribution in [0, 0.1) is 5.92 Å². The summed E-state index contributed by atoms with van der Waals surface area (Å²) in [5.41, 5.74) is 0.182. The first-order valence-electron chi connectivity index (χ1n) is 9.82. The third-order valence-electron chi connectivity index (χ3n) is 5.94. The first kappa shape index (κ1) is 20.2. The lowest BCUT2D eigenvalue weighted by atomic mass is 9.73. The van der Waals surface area contributed by atoms with Gasteiger partial charge in [-0.3, -0.25) is 14.5 Å². The summed E-state index contributed by atoms with van der Waals surface area (Å²) in [5, 5.41) is 15.5. The maximum atomic E-state index is 13.0. The van der Waals surface area contributed by atoms with E-state index in [1.807, 2.05) is 27.7 Å². The summed E-state index contributed by atoms with van der Waals surface area (Å²) < 4.78 is 0. The molecule has 4 amide bonds. The van der Waals surface area contributed by atoms with Gasteiger partial charge in [0.2, 0.25) is 5.91 Å². The summed E-state index contributed by atoms with van der Waals surface area (Å²) >= 11 is 0. The molecule has 3 N–H and O–H groups in total. The van der Waals surface area contributed by atoms with Gasteiger partial charge in [0.25, 0.3) is 5.91 Å². The van der Waals surface area contributed by atoms with Gasteiger partial charge in [-0.2, -0.15) is 0 Å². The van der Waals surface area contributed by atoms with E-state index in [1.165, 1.54) is 6.07 Å². The van der Waals surface area contributed by atoms with E-state index in [-0.39, 0.29) is 35.2 Å². The molecule has 1 heterocycles. The van der Waals surface area contributed by atoms with Crippen molar-refractivity contribution < 1.29 is 19.5 Å². The maximum Gasteiger partial charge on any atom is 0.325 e. The Morgan fingerprint density at radius 1 is 1.32 bits per heavy atom. The van der Waals surface area contributed by atoms with Crippen LogP contribution < -0.4 is 10.6 Å². The summed E-state index contributed by atoms with van der Waals surface area (Å²) in [4.78, 5) is 38.9. The molecule has 1 aliphatic heterocycles. The Balaban J connectivity index is 1.74. The number of urea groups is 1. The van der Waals surface area contributed by atoms with Crippen molar-refractivity contribution in [2.75, 3.05) is 11.9 Å². The number of benzene rings is 1. The van der Waals surface area contributed by atoms with E-state index in [0.29, 0.717) is 6.42 Å². The van der Waals surface area contributed by atoms with E-state index >= 15 is 0 Å². The first-order valence-corrected chi connectivity index (χ1v) is 9.82. The predicted molar refractivity (Wildman–Crippen MR) is 106 cm³/mol. The van der Waals surface area contributed by atoms with E-state index in [2.05, 4.69) is 10.6 Å². The minimum absolute atomic E-state index is 0.0401. The molecule has 2 unspecified atom stereocenters. The van der Waals surface area contributed by atoms with Crippen molar-refractivity contribution in [1.82, 2.24) is 10.2 Å². The van der Waals surface area contributed by atoms with Crippen LogP contribution in [0.15, 0.2) is 18.2 Å². The van der Waals surface area contributed by atoms with Crippen molar-refractivity contribution in [2.24, 2.45) is 5.92 Å². The fraction of sp³-hybridized carbons (Fsp3) is 0.571. The van der Waals surface area contributed by atoms with Crippen molar-refractivity contribution in [1.29, 1.82) is 0 Å². The van der Waals surface area contributed by atoms with Gasteiger partial charge in [0, 0.05) is 0 Å². The molecule has 1 aromatic rings. The zero-order valence-corrected chi connectivity index (χ0v) is 17.0. The van der Waals surface area contributed by atoms with Gasteiger partial charge in [-0.25, -0.2) is 4.79 Å². The molecule has 28 heavy (non-hydrogen) atoms. The second-order valence-electron chi connectivity index (χ2n) is 8.97. The van der Waals surface area contributed by atoms with Gasteiger partial charge < -0.3 is 15.7 Å². The molecule has 152 valence electrons. The predicted octanol–water partition coefficient (Wildman–Crippen LogP) is 3.13. The van der Waals surface area contributed by atoms with Gasteiger partial charge >= 0.3 is 6.03 Å². The van der Waals surface area contributed by atoms with Crippen molar-refractivity contribution in [3.05, 3.63) is 23.8 Å². The van der Waals surface area contributed by atoms with E-state index in [9.17, 15) is 19.5 Å². The lowest BCUT2D eigenvalue weighted by Crippen LogP contribution is -2.54. The second-order valence-corrected chi connectivity index (χ2v) is 8.97. The molecule has 1 aliphatic carbocycles. The summed E-state index contributed by atoms with van der Waals surface area (Å²) in [5.74, 6) is -0.868. The van der Waals surface area contributed by atoms with Crippen molar-refractivity contribution in [3.63, 3.8) is 0 Å². The molecule has 1 spiro atoms. The molecule has 1 saturated heterocycles. The largest absolute Gasteiger partial charge is 0.506 e. The number of carbonyl (C=O) groups excluding carboxylic acids is 3. The molecule has 1 saturated carbocycles. The molecule has 7 heteroatoms. The van der Waals surface area contributed by atoms with E-state index in [0.717, 1.165) is 29.7 Å². The normalized spacial score (nSPS) is 25.1. The lowest BCUT2D eigenvalue weighted by Gasteiger charge is -2.36. The van der Waals surface area contributed by atoms with Gasteiger partial charge in [0.05, 0.1) is 5.69 Å². The van der Waals surface area contributed by atoms with E-state index < -0.39 is 17.5 Å². The number of amides is 4. The fourth-order valence-corrected chi connectivity index (χ4v) is 4.08. The Bertz CT molecular complexity index is 814. The number of hydrogen-bond donors (Lipinski definition) is 3.